The fraction of sp³-hybridized carbons (Fsp3) is 0.438. The van der Waals surface area contributed by atoms with Crippen molar-refractivity contribution in [1.29, 1.82) is 0 Å². The van der Waals surface area contributed by atoms with Crippen LogP contribution in [0.4, 0.5) is 4.39 Å². The molecular formula is C32H34FNO10. The van der Waals surface area contributed by atoms with E-state index < -0.39 is 73.0 Å². The monoisotopic (exact) mass is 611 g/mol. The van der Waals surface area contributed by atoms with Gasteiger partial charge in [0.1, 0.15) is 24.6 Å². The van der Waals surface area contributed by atoms with Gasteiger partial charge in [0.05, 0.1) is 5.52 Å². The maximum Gasteiger partial charge on any atom is 0.303 e. The average Bonchev–Trinajstić information content (AvgIpc) is 3.74. The smallest absolute Gasteiger partial charge is 0.303 e. The second-order valence-corrected chi connectivity index (χ2v) is 11.1. The molecule has 2 aliphatic rings. The Kier molecular flexibility index (Phi) is 9.02. The van der Waals surface area contributed by atoms with Crippen LogP contribution in [0.15, 0.2) is 48.7 Å². The van der Waals surface area contributed by atoms with Crippen molar-refractivity contribution in [2.75, 3.05) is 6.61 Å². The molecule has 2 fully saturated rings. The molecule has 1 saturated carbocycles. The van der Waals surface area contributed by atoms with Gasteiger partial charge in [-0.05, 0) is 42.0 Å². The van der Waals surface area contributed by atoms with E-state index in [1.807, 2.05) is 12.1 Å². The number of ether oxygens (including phenoxy) is 5. The van der Waals surface area contributed by atoms with E-state index in [4.69, 9.17) is 23.7 Å². The van der Waals surface area contributed by atoms with Crippen LogP contribution in [-0.4, -0.2) is 64.6 Å². The minimum Gasteiger partial charge on any atom is -0.463 e. The summed E-state index contributed by atoms with van der Waals surface area (Å²) in [6, 6.07) is 11.8. The molecule has 234 valence electrons. The minimum absolute atomic E-state index is 0.0964. The summed E-state index contributed by atoms with van der Waals surface area (Å²) in [4.78, 5) is 48.4. The van der Waals surface area contributed by atoms with Crippen LogP contribution in [0.1, 0.15) is 75.5 Å². The molecule has 44 heavy (non-hydrogen) atoms. The van der Waals surface area contributed by atoms with Gasteiger partial charge >= 0.3 is 23.9 Å². The van der Waals surface area contributed by atoms with Crippen molar-refractivity contribution in [3.63, 3.8) is 0 Å². The van der Waals surface area contributed by atoms with Crippen LogP contribution in [0.5, 0.6) is 0 Å². The lowest BCUT2D eigenvalue weighted by molar-refractivity contribution is -0.267. The van der Waals surface area contributed by atoms with Gasteiger partial charge in [-0.3, -0.25) is 19.2 Å². The summed E-state index contributed by atoms with van der Waals surface area (Å²) in [6.45, 7) is 4.17. The first-order chi connectivity index (χ1) is 20.9. The van der Waals surface area contributed by atoms with Gasteiger partial charge in [-0.15, -0.1) is 0 Å². The van der Waals surface area contributed by atoms with Gasteiger partial charge in [0.15, 0.2) is 24.5 Å². The summed E-state index contributed by atoms with van der Waals surface area (Å²) in [7, 11) is 0. The lowest BCUT2D eigenvalue weighted by atomic mass is 9.97. The standard InChI is InChI=1S/C32H34FNO10/c1-16(35)40-15-26-29(41-17(2)36)30(42-18(3)37)31(43-19(4)38)32(44-26)34-14-23(27-24(33)6-5-7-25(27)34)28(39)22-12-10-21(11-13-22)20-8-9-20/h5-7,10-14,20,26,28-32,39H,8-9,15H2,1-4H3. The highest BCUT2D eigenvalue weighted by Crippen LogP contribution is 2.42. The van der Waals surface area contributed by atoms with E-state index in [1.54, 1.807) is 18.2 Å². The van der Waals surface area contributed by atoms with E-state index in [1.165, 1.54) is 35.4 Å². The number of aliphatic hydroxyl groups excluding tert-OH is 1. The molecule has 0 radical (unpaired) electrons. The molecule has 1 aliphatic carbocycles. The first-order valence-corrected chi connectivity index (χ1v) is 14.3. The molecule has 1 saturated heterocycles. The van der Waals surface area contributed by atoms with Gasteiger partial charge in [-0.1, -0.05) is 30.3 Å². The molecular weight excluding hydrogens is 577 g/mol. The third kappa shape index (κ3) is 6.61. The first kappa shape index (κ1) is 31.1. The van der Waals surface area contributed by atoms with Crippen molar-refractivity contribution in [2.24, 2.45) is 0 Å². The molecule has 0 bridgehead atoms. The highest BCUT2D eigenvalue weighted by atomic mass is 19.1. The lowest BCUT2D eigenvalue weighted by Crippen LogP contribution is -2.60. The fourth-order valence-corrected chi connectivity index (χ4v) is 5.69. The molecule has 6 unspecified atom stereocenters. The SMILES string of the molecule is CC(=O)OCC1OC(n2cc(C(O)c3ccc(C4CC4)cc3)c3c(F)cccc32)C(OC(C)=O)C(OC(C)=O)C1OC(C)=O. The first-order valence-electron chi connectivity index (χ1n) is 14.3. The zero-order valence-corrected chi connectivity index (χ0v) is 24.7. The van der Waals surface area contributed by atoms with Crippen molar-refractivity contribution in [2.45, 2.75) is 83.2 Å². The zero-order chi connectivity index (χ0) is 31.7. The molecule has 1 N–H and O–H groups in total. The van der Waals surface area contributed by atoms with Crippen molar-refractivity contribution >= 4 is 34.8 Å². The van der Waals surface area contributed by atoms with Crippen LogP contribution in [0, 0.1) is 5.82 Å². The van der Waals surface area contributed by atoms with Gasteiger partial charge in [0.25, 0.3) is 0 Å². The number of rotatable bonds is 9. The molecule has 2 heterocycles. The normalized spacial score (nSPS) is 23.9. The number of carbonyl (C=O) groups is 4. The number of halogens is 1. The Bertz CT molecular complexity index is 1560. The maximum absolute atomic E-state index is 15.5. The van der Waals surface area contributed by atoms with Gasteiger partial charge in [-0.25, -0.2) is 4.39 Å². The lowest BCUT2D eigenvalue weighted by Gasteiger charge is -2.44. The van der Waals surface area contributed by atoms with E-state index in [-0.39, 0.29) is 16.5 Å². The van der Waals surface area contributed by atoms with E-state index >= 15 is 4.39 Å². The Morgan fingerprint density at radius 1 is 0.886 bits per heavy atom. The van der Waals surface area contributed by atoms with Crippen LogP contribution in [0.3, 0.4) is 0 Å². The van der Waals surface area contributed by atoms with Crippen LogP contribution >= 0.6 is 0 Å². The molecule has 0 amide bonds. The third-order valence-electron chi connectivity index (χ3n) is 7.67. The zero-order valence-electron chi connectivity index (χ0n) is 24.7. The number of benzene rings is 2. The number of hydrogen-bond acceptors (Lipinski definition) is 10. The Hall–Kier alpha value is -4.29. The predicted molar refractivity (Wildman–Crippen MR) is 152 cm³/mol. The van der Waals surface area contributed by atoms with Gasteiger partial charge in [-0.2, -0.15) is 0 Å². The number of aromatic nitrogens is 1. The van der Waals surface area contributed by atoms with E-state index in [0.29, 0.717) is 11.5 Å². The average molecular weight is 612 g/mol. The maximum atomic E-state index is 15.5. The molecule has 1 aliphatic heterocycles. The molecule has 0 spiro atoms. The summed E-state index contributed by atoms with van der Waals surface area (Å²) in [5.41, 5.74) is 2.20. The number of hydrogen-bond donors (Lipinski definition) is 1. The number of aliphatic hydroxyl groups is 1. The van der Waals surface area contributed by atoms with Gasteiger partial charge in [0, 0.05) is 44.8 Å². The van der Waals surface area contributed by atoms with E-state index in [0.717, 1.165) is 33.6 Å². The number of nitrogens with zero attached hydrogens (tertiary/aromatic N) is 1. The second-order valence-electron chi connectivity index (χ2n) is 11.1. The Morgan fingerprint density at radius 2 is 1.50 bits per heavy atom. The summed E-state index contributed by atoms with van der Waals surface area (Å²) in [5, 5.41) is 11.6. The summed E-state index contributed by atoms with van der Waals surface area (Å²) < 4.78 is 45.0. The minimum atomic E-state index is -1.41. The predicted octanol–water partition coefficient (Wildman–Crippen LogP) is 4.00. The van der Waals surface area contributed by atoms with Crippen molar-refractivity contribution in [3.8, 4) is 0 Å². The van der Waals surface area contributed by atoms with E-state index in [2.05, 4.69) is 0 Å². The van der Waals surface area contributed by atoms with Crippen LogP contribution in [0.25, 0.3) is 10.9 Å². The van der Waals surface area contributed by atoms with Crippen molar-refractivity contribution in [1.82, 2.24) is 4.57 Å². The van der Waals surface area contributed by atoms with Crippen molar-refractivity contribution < 1.29 is 52.4 Å². The Labute approximate surface area is 252 Å². The molecule has 11 nitrogen and oxygen atoms in total. The van der Waals surface area contributed by atoms with Crippen LogP contribution < -0.4 is 0 Å². The summed E-state index contributed by atoms with van der Waals surface area (Å²) in [6.07, 6.45) is -4.18. The van der Waals surface area contributed by atoms with Crippen molar-refractivity contribution in [3.05, 3.63) is 71.2 Å². The molecule has 5 rings (SSSR count). The van der Waals surface area contributed by atoms with Crippen LogP contribution in [0.2, 0.25) is 0 Å². The number of fused-ring (bicyclic) bond motifs is 1. The fourth-order valence-electron chi connectivity index (χ4n) is 5.69. The highest BCUT2D eigenvalue weighted by molar-refractivity contribution is 5.85. The van der Waals surface area contributed by atoms with Gasteiger partial charge < -0.3 is 33.4 Å². The van der Waals surface area contributed by atoms with Crippen LogP contribution in [-0.2, 0) is 42.9 Å². The molecule has 2 aromatic carbocycles. The largest absolute Gasteiger partial charge is 0.463 e. The van der Waals surface area contributed by atoms with Gasteiger partial charge in [0.2, 0.25) is 0 Å². The molecule has 6 atom stereocenters. The quantitative estimate of drug-likeness (QED) is 0.279. The topological polar surface area (TPSA) is 140 Å². The van der Waals surface area contributed by atoms with E-state index in [9.17, 15) is 24.3 Å². The second kappa shape index (κ2) is 12.7. The number of esters is 4. The summed E-state index contributed by atoms with van der Waals surface area (Å²) >= 11 is 0. The Balaban J connectivity index is 1.63. The Morgan fingerprint density at radius 3 is 2.09 bits per heavy atom. The summed E-state index contributed by atoms with van der Waals surface area (Å²) in [5.74, 6) is -3.04. The molecule has 12 heteroatoms. The number of carbonyl (C=O) groups excluding carboxylic acids is 4. The molecule has 1 aromatic heterocycles. The highest BCUT2D eigenvalue weighted by Gasteiger charge is 2.53. The molecule has 3 aromatic rings. The third-order valence-corrected chi connectivity index (χ3v) is 7.67.